The van der Waals surface area contributed by atoms with Crippen LogP contribution in [0.2, 0.25) is 0 Å². The van der Waals surface area contributed by atoms with E-state index in [1.54, 1.807) is 0 Å². The topological polar surface area (TPSA) is 20.2 Å². The van der Waals surface area contributed by atoms with Gasteiger partial charge in [-0.25, -0.2) is 0 Å². The molecule has 1 N–H and O–H groups in total. The molecular weight excluding hydrogens is 554 g/mol. The molecule has 1 nitrogen and oxygen atoms in total. The van der Waals surface area contributed by atoms with Gasteiger partial charge in [0.1, 0.15) is 0 Å². The average Bonchev–Trinajstić information content (AvgIpc) is 1.88. The molecular formula is C7H16Ac2O-2. The van der Waals surface area contributed by atoms with Gasteiger partial charge in [-0.15, -0.1) is 0 Å². The fourth-order valence-electron chi connectivity index (χ4n) is 0. The van der Waals surface area contributed by atoms with Gasteiger partial charge >= 0.3 is 0 Å². The molecule has 0 atom stereocenters. The Hall–Kier alpha value is 2.84. The van der Waals surface area contributed by atoms with E-state index in [2.05, 4.69) is 20.8 Å². The zero-order valence-electron chi connectivity index (χ0n) is 6.84. The quantitative estimate of drug-likeness (QED) is 0.503. The zero-order chi connectivity index (χ0) is 6.83. The Morgan fingerprint density at radius 2 is 1.30 bits per heavy atom. The van der Waals surface area contributed by atoms with Crippen LogP contribution in [0.4, 0.5) is 0 Å². The third kappa shape index (κ3) is 44.8. The van der Waals surface area contributed by atoms with Crippen molar-refractivity contribution in [3.05, 3.63) is 13.8 Å². The van der Waals surface area contributed by atoms with E-state index in [4.69, 9.17) is 5.11 Å². The molecule has 0 aliphatic rings. The second kappa shape index (κ2) is 29.7. The fourth-order valence-corrected chi connectivity index (χ4v) is 0. The van der Waals surface area contributed by atoms with Gasteiger partial charge in [-0.05, 0) is 0 Å². The van der Waals surface area contributed by atoms with Crippen LogP contribution in [0.5, 0.6) is 0 Å². The van der Waals surface area contributed by atoms with Crippen LogP contribution in [0, 0.1) is 102 Å². The molecule has 10 heavy (non-hydrogen) atoms. The summed E-state index contributed by atoms with van der Waals surface area (Å²) in [7, 11) is 0. The van der Waals surface area contributed by atoms with Crippen molar-refractivity contribution >= 4 is 0 Å². The normalized spacial score (nSPS) is 6.00. The summed E-state index contributed by atoms with van der Waals surface area (Å²) in [4.78, 5) is 0. The van der Waals surface area contributed by atoms with Gasteiger partial charge in [0.05, 0.1) is 0 Å². The molecule has 0 heterocycles. The van der Waals surface area contributed by atoms with Crippen molar-refractivity contribution in [2.75, 3.05) is 6.61 Å². The summed E-state index contributed by atoms with van der Waals surface area (Å²) in [6.45, 7) is 9.28. The van der Waals surface area contributed by atoms with E-state index in [-0.39, 0.29) is 94.7 Å². The Balaban J connectivity index is -0.0000000300. The van der Waals surface area contributed by atoms with Crippen LogP contribution in [0.3, 0.4) is 0 Å². The van der Waals surface area contributed by atoms with E-state index in [0.29, 0.717) is 6.42 Å². The van der Waals surface area contributed by atoms with Gasteiger partial charge in [0.15, 0.2) is 0 Å². The summed E-state index contributed by atoms with van der Waals surface area (Å²) in [5, 5.41) is 7.81. The predicted octanol–water partition coefficient (Wildman–Crippen LogP) is 1.82. The first-order valence-electron chi connectivity index (χ1n) is 3.02. The maximum absolute atomic E-state index is 7.81. The third-order valence-electron chi connectivity index (χ3n) is 0.512. The molecule has 0 bridgehead atoms. The average molecular weight is 570 g/mol. The van der Waals surface area contributed by atoms with Crippen molar-refractivity contribution in [1.82, 2.24) is 0 Å². The summed E-state index contributed by atoms with van der Waals surface area (Å²) < 4.78 is 0. The van der Waals surface area contributed by atoms with Gasteiger partial charge < -0.3 is 19.0 Å². The van der Waals surface area contributed by atoms with Crippen molar-refractivity contribution < 1.29 is 93.2 Å². The molecule has 0 unspecified atom stereocenters. The summed E-state index contributed by atoms with van der Waals surface area (Å²) in [6.07, 6.45) is 2.90. The van der Waals surface area contributed by atoms with Crippen molar-refractivity contribution in [1.29, 1.82) is 0 Å². The number of aliphatic hydroxyl groups excluding tert-OH is 1. The number of hydrogen-bond acceptors (Lipinski definition) is 1. The maximum Gasteiger partial charge on any atom is 0.0159 e. The van der Waals surface area contributed by atoms with Gasteiger partial charge in [-0.3, -0.25) is 0 Å². The molecule has 0 spiro atoms. The standard InChI is InChI=1S/C4H9.C3H7O.2Ac/c1-3-4-2;1-2-3-4;;/h1,3-4H2,2H3;4H,1-3H2;;/q2*-1;;. The van der Waals surface area contributed by atoms with E-state index in [0.717, 1.165) is 6.42 Å². The Morgan fingerprint density at radius 3 is 1.30 bits per heavy atom. The first kappa shape index (κ1) is 23.0. The van der Waals surface area contributed by atoms with Gasteiger partial charge in [-0.2, -0.15) is 12.8 Å². The van der Waals surface area contributed by atoms with Crippen molar-refractivity contribution in [3.8, 4) is 0 Å². The Morgan fingerprint density at radius 1 is 1.10 bits per heavy atom. The minimum Gasteiger partial charge on any atom is -0.399 e. The number of aliphatic hydroxyl groups is 1. The third-order valence-corrected chi connectivity index (χ3v) is 0.512. The monoisotopic (exact) mass is 570 g/mol. The summed E-state index contributed by atoms with van der Waals surface area (Å²) in [6, 6.07) is 0. The molecule has 0 aromatic carbocycles. The summed E-state index contributed by atoms with van der Waals surface area (Å²) in [5.74, 6) is 0. The SMILES string of the molecule is [Ac].[Ac].[CH2-]CCC.[CH2-]CCO. The summed E-state index contributed by atoms with van der Waals surface area (Å²) in [5.41, 5.74) is 0. The van der Waals surface area contributed by atoms with Crippen LogP contribution in [0.1, 0.15) is 26.2 Å². The minimum absolute atomic E-state index is 0. The predicted molar refractivity (Wildman–Crippen MR) is 37.3 cm³/mol. The number of rotatable bonds is 2. The van der Waals surface area contributed by atoms with Crippen LogP contribution >= 0.6 is 0 Å². The van der Waals surface area contributed by atoms with Crippen LogP contribution in [-0.4, -0.2) is 11.7 Å². The zero-order valence-corrected chi connectivity index (χ0v) is 16.3. The van der Waals surface area contributed by atoms with Crippen LogP contribution in [0.25, 0.3) is 0 Å². The Kier molecular flexibility index (Phi) is 68.5. The first-order chi connectivity index (χ1) is 3.83. The van der Waals surface area contributed by atoms with Gasteiger partial charge in [0, 0.05) is 94.7 Å². The van der Waals surface area contributed by atoms with E-state index in [1.165, 1.54) is 6.42 Å². The molecule has 0 fully saturated rings. The van der Waals surface area contributed by atoms with E-state index >= 15 is 0 Å². The number of unbranched alkanes of at least 4 members (excludes halogenated alkanes) is 1. The molecule has 0 aliphatic heterocycles. The van der Waals surface area contributed by atoms with Crippen LogP contribution in [-0.2, 0) is 0 Å². The van der Waals surface area contributed by atoms with Crippen molar-refractivity contribution in [2.45, 2.75) is 26.2 Å². The van der Waals surface area contributed by atoms with Crippen LogP contribution in [0.15, 0.2) is 0 Å². The van der Waals surface area contributed by atoms with Gasteiger partial charge in [0.25, 0.3) is 0 Å². The van der Waals surface area contributed by atoms with Crippen molar-refractivity contribution in [2.24, 2.45) is 0 Å². The maximum atomic E-state index is 7.81. The molecule has 0 aromatic rings. The molecule has 0 saturated carbocycles. The van der Waals surface area contributed by atoms with Gasteiger partial charge in [-0.1, -0.05) is 13.3 Å². The fraction of sp³-hybridized carbons (Fsp3) is 0.714. The first-order valence-corrected chi connectivity index (χ1v) is 3.02. The van der Waals surface area contributed by atoms with E-state index in [1.807, 2.05) is 0 Å². The smallest absolute Gasteiger partial charge is 0.0159 e. The molecule has 58 valence electrons. The molecule has 0 aromatic heterocycles. The molecule has 0 saturated heterocycles. The molecule has 0 aliphatic carbocycles. The largest absolute Gasteiger partial charge is 0.399 e. The minimum atomic E-state index is 0. The Bertz CT molecular complexity index is 19.6. The molecule has 0 amide bonds. The second-order valence-corrected chi connectivity index (χ2v) is 1.43. The number of hydrogen-bond donors (Lipinski definition) is 1. The molecule has 0 rings (SSSR count). The molecule has 3 heteroatoms. The van der Waals surface area contributed by atoms with Crippen molar-refractivity contribution in [3.63, 3.8) is 0 Å². The molecule has 2 radical (unpaired) electrons. The summed E-state index contributed by atoms with van der Waals surface area (Å²) >= 11 is 0. The second-order valence-electron chi connectivity index (χ2n) is 1.43. The van der Waals surface area contributed by atoms with Crippen LogP contribution < -0.4 is 0 Å². The Labute approximate surface area is 137 Å². The van der Waals surface area contributed by atoms with Gasteiger partial charge in [0.2, 0.25) is 0 Å². The van der Waals surface area contributed by atoms with E-state index < -0.39 is 0 Å². The van der Waals surface area contributed by atoms with E-state index in [9.17, 15) is 0 Å².